The summed E-state index contributed by atoms with van der Waals surface area (Å²) in [5.41, 5.74) is 0.653. The van der Waals surface area contributed by atoms with Gasteiger partial charge in [0.15, 0.2) is 11.5 Å². The van der Waals surface area contributed by atoms with Crippen LogP contribution in [0.4, 0.5) is 0 Å². The van der Waals surface area contributed by atoms with Crippen LogP contribution < -0.4 is 0 Å². The van der Waals surface area contributed by atoms with Gasteiger partial charge in [-0.25, -0.2) is 0 Å². The molecule has 2 aromatic rings. The third-order valence-corrected chi connectivity index (χ3v) is 4.42. The number of morpholine rings is 1. The Morgan fingerprint density at radius 2 is 2.05 bits per heavy atom. The molecule has 2 aliphatic rings. The van der Waals surface area contributed by atoms with Gasteiger partial charge >= 0.3 is 0 Å². The predicted molar refractivity (Wildman–Crippen MR) is 77.2 cm³/mol. The average Bonchev–Trinajstić information content (AvgIpc) is 3.13. The van der Waals surface area contributed by atoms with E-state index in [1.807, 2.05) is 10.9 Å². The van der Waals surface area contributed by atoms with Gasteiger partial charge in [0.25, 0.3) is 5.89 Å². The molecule has 0 unspecified atom stereocenters. The molecule has 2 fully saturated rings. The molecule has 0 spiro atoms. The van der Waals surface area contributed by atoms with Gasteiger partial charge in [-0.3, -0.25) is 9.58 Å². The van der Waals surface area contributed by atoms with Crippen molar-refractivity contribution in [3.63, 3.8) is 0 Å². The van der Waals surface area contributed by atoms with Crippen LogP contribution in [-0.2, 0) is 11.3 Å². The lowest BCUT2D eigenvalue weighted by atomic mass is 9.85. The first kappa shape index (κ1) is 13.8. The largest absolute Gasteiger partial charge is 0.379 e. The summed E-state index contributed by atoms with van der Waals surface area (Å²) < 4.78 is 12.5. The summed E-state index contributed by atoms with van der Waals surface area (Å²) in [6, 6.07) is 0. The van der Waals surface area contributed by atoms with E-state index in [2.05, 4.69) is 25.4 Å². The van der Waals surface area contributed by atoms with Gasteiger partial charge in [0.1, 0.15) is 0 Å². The summed E-state index contributed by atoms with van der Waals surface area (Å²) in [4.78, 5) is 6.81. The second kappa shape index (κ2) is 6.13. The van der Waals surface area contributed by atoms with Gasteiger partial charge in [-0.2, -0.15) is 4.98 Å². The number of aromatic nitrogens is 5. The smallest absolute Gasteiger partial charge is 0.280 e. The molecule has 22 heavy (non-hydrogen) atoms. The van der Waals surface area contributed by atoms with Crippen molar-refractivity contribution in [2.45, 2.75) is 31.7 Å². The Bertz CT molecular complexity index is 614. The predicted octanol–water partition coefficient (Wildman–Crippen LogP) is 0.928. The summed E-state index contributed by atoms with van der Waals surface area (Å²) in [7, 11) is 0. The molecule has 0 bridgehead atoms. The first-order valence-electron chi connectivity index (χ1n) is 7.93. The van der Waals surface area contributed by atoms with E-state index < -0.39 is 0 Å². The average molecular weight is 304 g/mol. The zero-order chi connectivity index (χ0) is 14.8. The lowest BCUT2D eigenvalue weighted by Gasteiger charge is -2.26. The van der Waals surface area contributed by atoms with E-state index in [4.69, 9.17) is 9.26 Å². The Morgan fingerprint density at radius 3 is 2.82 bits per heavy atom. The van der Waals surface area contributed by atoms with Crippen molar-refractivity contribution in [3.8, 4) is 11.6 Å². The Morgan fingerprint density at radius 1 is 1.18 bits per heavy atom. The minimum Gasteiger partial charge on any atom is -0.379 e. The summed E-state index contributed by atoms with van der Waals surface area (Å²) in [5.74, 6) is 1.75. The molecule has 1 saturated carbocycles. The number of nitrogens with zero attached hydrogens (tertiary/aromatic N) is 6. The van der Waals surface area contributed by atoms with Crippen LogP contribution in [0.2, 0.25) is 0 Å². The molecule has 4 rings (SSSR count). The van der Waals surface area contributed by atoms with Crippen molar-refractivity contribution in [1.82, 2.24) is 30.0 Å². The van der Waals surface area contributed by atoms with Crippen LogP contribution in [0.3, 0.4) is 0 Å². The fraction of sp³-hybridized carbons (Fsp3) is 0.714. The van der Waals surface area contributed by atoms with Gasteiger partial charge in [-0.15, -0.1) is 5.10 Å². The van der Waals surface area contributed by atoms with Crippen molar-refractivity contribution < 1.29 is 9.26 Å². The molecule has 0 N–H and O–H groups in total. The van der Waals surface area contributed by atoms with Gasteiger partial charge in [0.05, 0.1) is 26.0 Å². The maximum absolute atomic E-state index is 5.35. The van der Waals surface area contributed by atoms with Gasteiger partial charge in [0.2, 0.25) is 0 Å². The highest BCUT2D eigenvalue weighted by Crippen LogP contribution is 2.35. The first-order chi connectivity index (χ1) is 10.9. The van der Waals surface area contributed by atoms with E-state index in [0.29, 0.717) is 17.5 Å². The van der Waals surface area contributed by atoms with Crippen LogP contribution in [0, 0.1) is 0 Å². The van der Waals surface area contributed by atoms with E-state index in [1.165, 1.54) is 6.42 Å². The molecule has 0 amide bonds. The molecular formula is C14H20N6O2. The molecule has 3 heterocycles. The van der Waals surface area contributed by atoms with Crippen LogP contribution in [0.5, 0.6) is 0 Å². The number of hydrogen-bond acceptors (Lipinski definition) is 7. The molecule has 0 aromatic carbocycles. The molecule has 8 nitrogen and oxygen atoms in total. The van der Waals surface area contributed by atoms with Crippen LogP contribution in [0.25, 0.3) is 11.6 Å². The minimum absolute atomic E-state index is 0.467. The molecule has 1 aliphatic heterocycles. The minimum atomic E-state index is 0.467. The molecule has 1 saturated heterocycles. The summed E-state index contributed by atoms with van der Waals surface area (Å²) in [6.07, 6.45) is 5.45. The van der Waals surface area contributed by atoms with E-state index in [1.54, 1.807) is 0 Å². The number of rotatable bonds is 5. The van der Waals surface area contributed by atoms with Crippen LogP contribution >= 0.6 is 0 Å². The Labute approximate surface area is 128 Å². The van der Waals surface area contributed by atoms with Crippen molar-refractivity contribution in [3.05, 3.63) is 12.0 Å². The molecule has 1 aliphatic carbocycles. The zero-order valence-electron chi connectivity index (χ0n) is 12.5. The quantitative estimate of drug-likeness (QED) is 0.812. The van der Waals surface area contributed by atoms with E-state index in [0.717, 1.165) is 58.1 Å². The highest BCUT2D eigenvalue weighted by molar-refractivity contribution is 5.43. The third-order valence-electron chi connectivity index (χ3n) is 4.42. The lowest BCUT2D eigenvalue weighted by molar-refractivity contribution is 0.0359. The van der Waals surface area contributed by atoms with Crippen LogP contribution in [-0.4, -0.2) is 62.9 Å². The van der Waals surface area contributed by atoms with Gasteiger partial charge in [-0.1, -0.05) is 16.8 Å². The SMILES string of the molecule is c1c(-c2nc(C3CCC3)no2)nnn1CCN1CCOCC1. The Kier molecular flexibility index (Phi) is 3.86. The van der Waals surface area contributed by atoms with Crippen LogP contribution in [0.1, 0.15) is 31.0 Å². The third kappa shape index (κ3) is 2.89. The van der Waals surface area contributed by atoms with Crippen molar-refractivity contribution >= 4 is 0 Å². The first-order valence-corrected chi connectivity index (χ1v) is 7.93. The zero-order valence-corrected chi connectivity index (χ0v) is 12.5. The second-order valence-electron chi connectivity index (χ2n) is 5.91. The highest BCUT2D eigenvalue weighted by atomic mass is 16.5. The van der Waals surface area contributed by atoms with E-state index in [-0.39, 0.29) is 0 Å². The van der Waals surface area contributed by atoms with E-state index >= 15 is 0 Å². The molecule has 0 atom stereocenters. The maximum atomic E-state index is 5.35. The maximum Gasteiger partial charge on any atom is 0.280 e. The standard InChI is InChI=1S/C14H20N6O2/c1-2-11(3-1)13-15-14(22-17-13)12-10-20(18-16-12)5-4-19-6-8-21-9-7-19/h10-11H,1-9H2. The van der Waals surface area contributed by atoms with E-state index in [9.17, 15) is 0 Å². The van der Waals surface area contributed by atoms with Crippen LogP contribution in [0.15, 0.2) is 10.7 Å². The van der Waals surface area contributed by atoms with Crippen molar-refractivity contribution in [1.29, 1.82) is 0 Å². The van der Waals surface area contributed by atoms with Crippen molar-refractivity contribution in [2.24, 2.45) is 0 Å². The molecular weight excluding hydrogens is 284 g/mol. The monoisotopic (exact) mass is 304 g/mol. The lowest BCUT2D eigenvalue weighted by Crippen LogP contribution is -2.38. The Hall–Kier alpha value is -1.80. The molecule has 8 heteroatoms. The molecule has 118 valence electrons. The van der Waals surface area contributed by atoms with Gasteiger partial charge < -0.3 is 9.26 Å². The fourth-order valence-electron chi connectivity index (χ4n) is 2.75. The number of hydrogen-bond donors (Lipinski definition) is 0. The highest BCUT2D eigenvalue weighted by Gasteiger charge is 2.25. The van der Waals surface area contributed by atoms with Crippen molar-refractivity contribution in [2.75, 3.05) is 32.8 Å². The normalized spacial score (nSPS) is 20.2. The second-order valence-corrected chi connectivity index (χ2v) is 5.91. The number of ether oxygens (including phenoxy) is 1. The molecule has 2 aromatic heterocycles. The topological polar surface area (TPSA) is 82.1 Å². The summed E-state index contributed by atoms with van der Waals surface area (Å²) in [6.45, 7) is 5.34. The van der Waals surface area contributed by atoms with Gasteiger partial charge in [-0.05, 0) is 12.8 Å². The Balaban J connectivity index is 1.37. The summed E-state index contributed by atoms with van der Waals surface area (Å²) >= 11 is 0. The fourth-order valence-corrected chi connectivity index (χ4v) is 2.75. The van der Waals surface area contributed by atoms with Gasteiger partial charge in [0, 0.05) is 25.6 Å². The molecule has 0 radical (unpaired) electrons. The summed E-state index contributed by atoms with van der Waals surface area (Å²) in [5, 5.41) is 12.3.